The second-order valence-electron chi connectivity index (χ2n) is 5.57. The van der Waals surface area contributed by atoms with E-state index in [2.05, 4.69) is 25.2 Å². The molecule has 5 heteroatoms. The summed E-state index contributed by atoms with van der Waals surface area (Å²) in [7, 11) is 0. The van der Waals surface area contributed by atoms with E-state index in [9.17, 15) is 4.79 Å². The van der Waals surface area contributed by atoms with Gasteiger partial charge in [-0.1, -0.05) is 32.9 Å². The van der Waals surface area contributed by atoms with Crippen LogP contribution in [0.4, 0.5) is 0 Å². The molecule has 21 heavy (non-hydrogen) atoms. The van der Waals surface area contributed by atoms with Crippen molar-refractivity contribution >= 4 is 18.3 Å². The van der Waals surface area contributed by atoms with Gasteiger partial charge in [0.15, 0.2) is 6.10 Å². The smallest absolute Gasteiger partial charge is 0.260 e. The van der Waals surface area contributed by atoms with Crippen molar-refractivity contribution in [2.45, 2.75) is 39.7 Å². The van der Waals surface area contributed by atoms with Crippen molar-refractivity contribution in [1.82, 2.24) is 5.32 Å². The average Bonchev–Trinajstić information content (AvgIpc) is 2.44. The molecule has 0 aliphatic carbocycles. The van der Waals surface area contributed by atoms with Gasteiger partial charge < -0.3 is 15.8 Å². The van der Waals surface area contributed by atoms with Gasteiger partial charge in [0.1, 0.15) is 5.75 Å². The fourth-order valence-corrected chi connectivity index (χ4v) is 1.71. The number of nitrogens with one attached hydrogen (secondary N) is 1. The molecular weight excluding hydrogens is 288 g/mol. The quantitative estimate of drug-likeness (QED) is 0.813. The van der Waals surface area contributed by atoms with Gasteiger partial charge in [-0.25, -0.2) is 0 Å². The summed E-state index contributed by atoms with van der Waals surface area (Å²) in [4.78, 5) is 11.9. The highest BCUT2D eigenvalue weighted by Gasteiger charge is 2.15. The fraction of sp³-hybridized carbons (Fsp3) is 0.562. The number of rotatable bonds is 7. The molecule has 2 unspecified atom stereocenters. The molecule has 1 aromatic rings. The first-order chi connectivity index (χ1) is 9.43. The van der Waals surface area contributed by atoms with E-state index in [-0.39, 0.29) is 24.2 Å². The summed E-state index contributed by atoms with van der Waals surface area (Å²) < 4.78 is 5.69. The molecule has 0 heterocycles. The van der Waals surface area contributed by atoms with Gasteiger partial charge in [0.25, 0.3) is 5.91 Å². The predicted molar refractivity (Wildman–Crippen MR) is 89.1 cm³/mol. The van der Waals surface area contributed by atoms with Gasteiger partial charge in [-0.3, -0.25) is 4.79 Å². The lowest BCUT2D eigenvalue weighted by Gasteiger charge is -2.17. The molecule has 1 amide bonds. The largest absolute Gasteiger partial charge is 0.481 e. The van der Waals surface area contributed by atoms with Crippen LogP contribution in [0.5, 0.6) is 5.75 Å². The van der Waals surface area contributed by atoms with E-state index in [1.54, 1.807) is 6.92 Å². The molecule has 0 spiro atoms. The third-order valence-corrected chi connectivity index (χ3v) is 3.23. The van der Waals surface area contributed by atoms with E-state index in [1.807, 2.05) is 25.1 Å². The molecule has 0 fully saturated rings. The Kier molecular flexibility index (Phi) is 9.06. The van der Waals surface area contributed by atoms with Crippen LogP contribution in [-0.2, 0) is 4.79 Å². The van der Waals surface area contributed by atoms with Crippen LogP contribution in [0, 0.1) is 5.92 Å². The summed E-state index contributed by atoms with van der Waals surface area (Å²) in [6.45, 7) is 9.15. The molecular formula is C16H27ClN2O2. The summed E-state index contributed by atoms with van der Waals surface area (Å²) in [6.07, 6.45) is -0.512. The molecule has 0 aromatic heterocycles. The Morgan fingerprint density at radius 1 is 1.29 bits per heavy atom. The second kappa shape index (κ2) is 9.64. The average molecular weight is 315 g/mol. The number of hydrogen-bond donors (Lipinski definition) is 2. The Morgan fingerprint density at radius 3 is 2.52 bits per heavy atom. The van der Waals surface area contributed by atoms with Crippen LogP contribution in [0.15, 0.2) is 24.3 Å². The molecule has 120 valence electrons. The Balaban J connectivity index is 0.00000400. The van der Waals surface area contributed by atoms with Crippen LogP contribution in [0.1, 0.15) is 39.2 Å². The number of benzene rings is 1. The van der Waals surface area contributed by atoms with Gasteiger partial charge in [0, 0.05) is 6.54 Å². The van der Waals surface area contributed by atoms with Gasteiger partial charge in [-0.15, -0.1) is 12.4 Å². The minimum absolute atomic E-state index is 0. The normalized spacial score (nSPS) is 13.2. The summed E-state index contributed by atoms with van der Waals surface area (Å²) >= 11 is 0. The lowest BCUT2D eigenvalue weighted by atomic mass is 10.0. The Morgan fingerprint density at radius 2 is 1.95 bits per heavy atom. The minimum Gasteiger partial charge on any atom is -0.481 e. The molecule has 0 bridgehead atoms. The van der Waals surface area contributed by atoms with Crippen LogP contribution in [0.25, 0.3) is 0 Å². The SMILES string of the molecule is CC(CN)CNC(=O)C(C)Oc1cccc(C(C)C)c1.Cl. The standard InChI is InChI=1S/C16H26N2O2.ClH/c1-11(2)14-6-5-7-15(8-14)20-13(4)16(19)18-10-12(3)9-17;/h5-8,11-13H,9-10,17H2,1-4H3,(H,18,19);1H. The fourth-order valence-electron chi connectivity index (χ4n) is 1.71. The Bertz CT molecular complexity index is 438. The van der Waals surface area contributed by atoms with Gasteiger partial charge in [0.2, 0.25) is 0 Å². The van der Waals surface area contributed by atoms with E-state index >= 15 is 0 Å². The van der Waals surface area contributed by atoms with Crippen molar-refractivity contribution < 1.29 is 9.53 Å². The number of ether oxygens (including phenoxy) is 1. The predicted octanol–water partition coefficient (Wildman–Crippen LogP) is 2.71. The lowest BCUT2D eigenvalue weighted by molar-refractivity contribution is -0.127. The zero-order chi connectivity index (χ0) is 15.1. The van der Waals surface area contributed by atoms with Crippen LogP contribution in [-0.4, -0.2) is 25.1 Å². The van der Waals surface area contributed by atoms with E-state index in [0.717, 1.165) is 5.75 Å². The zero-order valence-corrected chi connectivity index (χ0v) is 14.1. The maximum absolute atomic E-state index is 11.9. The summed E-state index contributed by atoms with van der Waals surface area (Å²) in [5.74, 6) is 1.33. The van der Waals surface area contributed by atoms with Crippen LogP contribution in [0.3, 0.4) is 0 Å². The third kappa shape index (κ3) is 6.82. The molecule has 1 aromatic carbocycles. The van der Waals surface area contributed by atoms with Crippen molar-refractivity contribution in [2.24, 2.45) is 11.7 Å². The highest BCUT2D eigenvalue weighted by atomic mass is 35.5. The first-order valence-electron chi connectivity index (χ1n) is 7.18. The summed E-state index contributed by atoms with van der Waals surface area (Å²) in [5.41, 5.74) is 6.72. The van der Waals surface area contributed by atoms with Crippen LogP contribution in [0.2, 0.25) is 0 Å². The van der Waals surface area contributed by atoms with Crippen molar-refractivity contribution in [3.05, 3.63) is 29.8 Å². The second-order valence-corrected chi connectivity index (χ2v) is 5.57. The monoisotopic (exact) mass is 314 g/mol. The van der Waals surface area contributed by atoms with Crippen LogP contribution < -0.4 is 15.8 Å². The molecule has 3 N–H and O–H groups in total. The topological polar surface area (TPSA) is 64.3 Å². The first kappa shape index (κ1) is 19.7. The number of nitrogens with two attached hydrogens (primary N) is 1. The maximum Gasteiger partial charge on any atom is 0.260 e. The molecule has 0 aliphatic heterocycles. The van der Waals surface area contributed by atoms with Crippen molar-refractivity contribution in [1.29, 1.82) is 0 Å². The highest BCUT2D eigenvalue weighted by Crippen LogP contribution is 2.20. The van der Waals surface area contributed by atoms with E-state index in [4.69, 9.17) is 10.5 Å². The summed E-state index contributed by atoms with van der Waals surface area (Å²) in [5, 5.41) is 2.85. The molecule has 4 nitrogen and oxygen atoms in total. The van der Waals surface area contributed by atoms with Crippen molar-refractivity contribution in [2.75, 3.05) is 13.1 Å². The first-order valence-corrected chi connectivity index (χ1v) is 7.18. The zero-order valence-electron chi connectivity index (χ0n) is 13.3. The third-order valence-electron chi connectivity index (χ3n) is 3.23. The molecule has 2 atom stereocenters. The molecule has 0 saturated carbocycles. The number of hydrogen-bond acceptors (Lipinski definition) is 3. The van der Waals surface area contributed by atoms with Gasteiger partial charge in [-0.05, 0) is 43.0 Å². The number of carbonyl (C=O) groups excluding carboxylic acids is 1. The number of halogens is 1. The lowest BCUT2D eigenvalue weighted by Crippen LogP contribution is -2.39. The Labute approximate surface area is 133 Å². The maximum atomic E-state index is 11.9. The van der Waals surface area contributed by atoms with Gasteiger partial charge in [-0.2, -0.15) is 0 Å². The molecule has 1 rings (SSSR count). The van der Waals surface area contributed by atoms with E-state index in [1.165, 1.54) is 5.56 Å². The van der Waals surface area contributed by atoms with Gasteiger partial charge >= 0.3 is 0 Å². The highest BCUT2D eigenvalue weighted by molar-refractivity contribution is 5.85. The Hall–Kier alpha value is -1.26. The number of carbonyl (C=O) groups is 1. The van der Waals surface area contributed by atoms with Crippen LogP contribution >= 0.6 is 12.4 Å². The molecule has 0 saturated heterocycles. The molecule has 0 aliphatic rings. The van der Waals surface area contributed by atoms with Crippen molar-refractivity contribution in [3.8, 4) is 5.75 Å². The van der Waals surface area contributed by atoms with E-state index < -0.39 is 6.10 Å². The molecule has 0 radical (unpaired) electrons. The number of amides is 1. The van der Waals surface area contributed by atoms with Crippen molar-refractivity contribution in [3.63, 3.8) is 0 Å². The van der Waals surface area contributed by atoms with Gasteiger partial charge in [0.05, 0.1) is 0 Å². The van der Waals surface area contributed by atoms with E-state index in [0.29, 0.717) is 19.0 Å². The summed E-state index contributed by atoms with van der Waals surface area (Å²) in [6, 6.07) is 7.87. The minimum atomic E-state index is -0.512.